The molecule has 0 bridgehead atoms. The second-order valence-corrected chi connectivity index (χ2v) is 4.16. The molecule has 2 aromatic rings. The number of aryl methyl sites for hydroxylation is 1. The summed E-state index contributed by atoms with van der Waals surface area (Å²) in [5, 5.41) is 0. The molecule has 6 heteroatoms. The fraction of sp³-hybridized carbons (Fsp3) is 0.214. The second kappa shape index (κ2) is 5.56. The molecule has 0 aromatic carbocycles. The largest absolute Gasteiger partial charge is 0.465 e. The molecule has 0 aliphatic rings. The van der Waals surface area contributed by atoms with E-state index in [1.54, 1.807) is 0 Å². The van der Waals surface area contributed by atoms with Crippen LogP contribution in [0.25, 0.3) is 11.3 Å². The van der Waals surface area contributed by atoms with Gasteiger partial charge in [0.25, 0.3) is 0 Å². The zero-order valence-electron chi connectivity index (χ0n) is 11.4. The molecule has 20 heavy (non-hydrogen) atoms. The number of aromatic nitrogens is 2. The van der Waals surface area contributed by atoms with Crippen LogP contribution in [-0.4, -0.2) is 35.7 Å². The lowest BCUT2D eigenvalue weighted by Crippen LogP contribution is -2.12. The van der Waals surface area contributed by atoms with Gasteiger partial charge in [-0.1, -0.05) is 0 Å². The maximum atomic E-state index is 11.8. The molecule has 0 spiro atoms. The number of methoxy groups -OCH3 is 2. The van der Waals surface area contributed by atoms with Crippen LogP contribution in [0.1, 0.15) is 20.7 Å². The summed E-state index contributed by atoms with van der Waals surface area (Å²) in [6.45, 7) is 0. The molecule has 0 fully saturated rings. The fourth-order valence-electron chi connectivity index (χ4n) is 1.82. The molecule has 0 saturated carbocycles. The highest BCUT2D eigenvalue weighted by atomic mass is 16.5. The Balaban J connectivity index is 2.53. The number of hydrogen-bond acceptors (Lipinski definition) is 5. The van der Waals surface area contributed by atoms with Crippen LogP contribution in [0.5, 0.6) is 0 Å². The molecule has 0 aliphatic carbocycles. The van der Waals surface area contributed by atoms with Crippen molar-refractivity contribution in [2.24, 2.45) is 7.05 Å². The van der Waals surface area contributed by atoms with Crippen LogP contribution in [0.2, 0.25) is 0 Å². The van der Waals surface area contributed by atoms with Crippen molar-refractivity contribution in [3.8, 4) is 11.3 Å². The van der Waals surface area contributed by atoms with Crippen LogP contribution in [0, 0.1) is 0 Å². The first-order valence-corrected chi connectivity index (χ1v) is 5.86. The number of esters is 2. The third-order valence-electron chi connectivity index (χ3n) is 2.84. The molecule has 0 amide bonds. The van der Waals surface area contributed by atoms with E-state index < -0.39 is 11.9 Å². The summed E-state index contributed by atoms with van der Waals surface area (Å²) in [7, 11) is 4.38. The van der Waals surface area contributed by atoms with E-state index in [1.807, 2.05) is 30.1 Å². The molecule has 2 heterocycles. The van der Waals surface area contributed by atoms with E-state index in [4.69, 9.17) is 0 Å². The molecule has 0 atom stereocenters. The van der Waals surface area contributed by atoms with Gasteiger partial charge in [-0.2, -0.15) is 0 Å². The molecule has 0 saturated heterocycles. The molecule has 2 aromatic heterocycles. The van der Waals surface area contributed by atoms with E-state index in [9.17, 15) is 9.59 Å². The average molecular weight is 274 g/mol. The smallest absolute Gasteiger partial charge is 0.340 e. The van der Waals surface area contributed by atoms with E-state index in [1.165, 1.54) is 26.5 Å². The van der Waals surface area contributed by atoms with Gasteiger partial charge < -0.3 is 14.0 Å². The maximum Gasteiger partial charge on any atom is 0.340 e. The number of pyridine rings is 1. The van der Waals surface area contributed by atoms with Crippen LogP contribution in [0.4, 0.5) is 0 Å². The summed E-state index contributed by atoms with van der Waals surface area (Å²) in [5.41, 5.74) is 1.64. The lowest BCUT2D eigenvalue weighted by atomic mass is 10.1. The van der Waals surface area contributed by atoms with Gasteiger partial charge in [-0.05, 0) is 12.1 Å². The minimum Gasteiger partial charge on any atom is -0.465 e. The van der Waals surface area contributed by atoms with Gasteiger partial charge in [0.1, 0.15) is 0 Å². The first-order valence-electron chi connectivity index (χ1n) is 5.86. The molecule has 2 rings (SSSR count). The molecule has 104 valence electrons. The van der Waals surface area contributed by atoms with Crippen molar-refractivity contribution in [1.82, 2.24) is 9.55 Å². The van der Waals surface area contributed by atoms with E-state index in [0.29, 0.717) is 5.69 Å². The van der Waals surface area contributed by atoms with Gasteiger partial charge in [-0.15, -0.1) is 0 Å². The van der Waals surface area contributed by atoms with Gasteiger partial charge in [0.15, 0.2) is 0 Å². The Hall–Kier alpha value is -2.63. The number of hydrogen-bond donors (Lipinski definition) is 0. The summed E-state index contributed by atoms with van der Waals surface area (Å²) >= 11 is 0. The first kappa shape index (κ1) is 13.8. The average Bonchev–Trinajstić information content (AvgIpc) is 2.91. The highest BCUT2D eigenvalue weighted by Gasteiger charge is 2.20. The predicted molar refractivity (Wildman–Crippen MR) is 71.3 cm³/mol. The summed E-state index contributed by atoms with van der Waals surface area (Å²) in [4.78, 5) is 27.6. The van der Waals surface area contributed by atoms with Crippen molar-refractivity contribution in [2.45, 2.75) is 0 Å². The van der Waals surface area contributed by atoms with Gasteiger partial charge in [0.2, 0.25) is 0 Å². The highest BCUT2D eigenvalue weighted by Crippen LogP contribution is 2.21. The third-order valence-corrected chi connectivity index (χ3v) is 2.84. The van der Waals surface area contributed by atoms with E-state index >= 15 is 0 Å². The van der Waals surface area contributed by atoms with Crippen molar-refractivity contribution >= 4 is 11.9 Å². The maximum absolute atomic E-state index is 11.8. The van der Waals surface area contributed by atoms with Crippen LogP contribution in [0.3, 0.4) is 0 Å². The van der Waals surface area contributed by atoms with E-state index in [0.717, 1.165) is 5.56 Å². The van der Waals surface area contributed by atoms with Gasteiger partial charge >= 0.3 is 11.9 Å². The molecular weight excluding hydrogens is 260 g/mol. The van der Waals surface area contributed by atoms with Crippen molar-refractivity contribution < 1.29 is 19.1 Å². The van der Waals surface area contributed by atoms with Crippen LogP contribution in [0.15, 0.2) is 30.7 Å². The zero-order valence-corrected chi connectivity index (χ0v) is 11.4. The fourth-order valence-corrected chi connectivity index (χ4v) is 1.82. The van der Waals surface area contributed by atoms with Gasteiger partial charge in [-0.3, -0.25) is 4.98 Å². The van der Waals surface area contributed by atoms with Gasteiger partial charge in [0.05, 0.1) is 31.0 Å². The van der Waals surface area contributed by atoms with E-state index in [2.05, 4.69) is 14.5 Å². The minimum atomic E-state index is -0.627. The minimum absolute atomic E-state index is 0.0824. The zero-order chi connectivity index (χ0) is 14.7. The number of ether oxygens (including phenoxy) is 2. The molecular formula is C14H14N2O4. The lowest BCUT2D eigenvalue weighted by molar-refractivity contribution is 0.0555. The second-order valence-electron chi connectivity index (χ2n) is 4.16. The van der Waals surface area contributed by atoms with Crippen molar-refractivity contribution in [3.63, 3.8) is 0 Å². The van der Waals surface area contributed by atoms with Gasteiger partial charge in [-0.25, -0.2) is 9.59 Å². The molecule has 0 unspecified atom stereocenters. The Labute approximate surface area is 116 Å². The van der Waals surface area contributed by atoms with Crippen molar-refractivity contribution in [2.75, 3.05) is 14.2 Å². The monoisotopic (exact) mass is 274 g/mol. The molecule has 0 radical (unpaired) electrons. The highest BCUT2D eigenvalue weighted by molar-refractivity contribution is 6.03. The normalized spacial score (nSPS) is 10.2. The Morgan fingerprint density at radius 1 is 1.15 bits per heavy atom. The number of rotatable bonds is 3. The summed E-state index contributed by atoms with van der Waals surface area (Å²) in [5.74, 6) is -1.23. The number of nitrogens with zero attached hydrogens (tertiary/aromatic N) is 2. The Bertz CT molecular complexity index is 661. The first-order chi connectivity index (χ1) is 9.56. The standard InChI is InChI=1S/C14H14N2O4/c1-16-5-4-9(8-16)12-6-10(13(17)19-2)11(7-15-12)14(18)20-3/h4-8H,1-3H3. The molecule has 6 nitrogen and oxygen atoms in total. The Kier molecular flexibility index (Phi) is 3.84. The molecule has 0 N–H and O–H groups in total. The SMILES string of the molecule is COC(=O)c1cnc(-c2ccn(C)c2)cc1C(=O)OC. The summed E-state index contributed by atoms with van der Waals surface area (Å²) < 4.78 is 11.2. The van der Waals surface area contributed by atoms with Crippen molar-refractivity contribution in [3.05, 3.63) is 41.9 Å². The summed E-state index contributed by atoms with van der Waals surface area (Å²) in [6, 6.07) is 3.38. The summed E-state index contributed by atoms with van der Waals surface area (Å²) in [6.07, 6.45) is 5.05. The Morgan fingerprint density at radius 2 is 1.80 bits per heavy atom. The topological polar surface area (TPSA) is 70.4 Å². The van der Waals surface area contributed by atoms with Crippen molar-refractivity contribution in [1.29, 1.82) is 0 Å². The predicted octanol–water partition coefficient (Wildman–Crippen LogP) is 1.66. The molecule has 0 aliphatic heterocycles. The Morgan fingerprint density at radius 3 is 2.35 bits per heavy atom. The number of carbonyl (C=O) groups is 2. The number of carbonyl (C=O) groups excluding carboxylic acids is 2. The lowest BCUT2D eigenvalue weighted by Gasteiger charge is -2.07. The van der Waals surface area contributed by atoms with Crippen LogP contribution >= 0.6 is 0 Å². The van der Waals surface area contributed by atoms with Crippen LogP contribution in [-0.2, 0) is 16.5 Å². The van der Waals surface area contributed by atoms with E-state index in [-0.39, 0.29) is 11.1 Å². The quantitative estimate of drug-likeness (QED) is 0.796. The third kappa shape index (κ3) is 2.54. The van der Waals surface area contributed by atoms with Crippen LogP contribution < -0.4 is 0 Å². The van der Waals surface area contributed by atoms with Gasteiger partial charge in [0, 0.05) is 31.2 Å².